The maximum atomic E-state index is 13.2. The summed E-state index contributed by atoms with van der Waals surface area (Å²) < 4.78 is 39.3. The number of rotatable bonds is 4. The Morgan fingerprint density at radius 3 is 2.63 bits per heavy atom. The maximum Gasteiger partial charge on any atom is 0.294 e. The van der Waals surface area contributed by atoms with Crippen molar-refractivity contribution in [2.24, 2.45) is 0 Å². The van der Waals surface area contributed by atoms with E-state index in [2.05, 4.69) is 10.1 Å². The Kier molecular flexibility index (Phi) is 4.96. The van der Waals surface area contributed by atoms with E-state index in [1.807, 2.05) is 24.4 Å². The first-order valence-electron chi connectivity index (χ1n) is 9.95. The normalized spacial score (nSPS) is 16.2. The number of furan rings is 1. The van der Waals surface area contributed by atoms with E-state index in [0.29, 0.717) is 30.3 Å². The molecule has 3 aromatic heterocycles. The molecule has 30 heavy (non-hydrogen) atoms. The Morgan fingerprint density at radius 2 is 1.90 bits per heavy atom. The predicted octanol–water partition coefficient (Wildman–Crippen LogP) is 5.08. The van der Waals surface area contributed by atoms with Crippen molar-refractivity contribution in [3.8, 4) is 22.4 Å². The van der Waals surface area contributed by atoms with E-state index in [1.54, 1.807) is 22.5 Å². The molecule has 0 radical (unpaired) electrons. The monoisotopic (exact) mass is 443 g/mol. The summed E-state index contributed by atoms with van der Waals surface area (Å²) in [4.78, 5) is 5.64. The van der Waals surface area contributed by atoms with E-state index >= 15 is 0 Å². The van der Waals surface area contributed by atoms with E-state index in [0.717, 1.165) is 41.5 Å². The minimum Gasteiger partial charge on any atom is -0.451 e. The van der Waals surface area contributed by atoms with Crippen molar-refractivity contribution in [3.05, 3.63) is 41.3 Å². The van der Waals surface area contributed by atoms with Gasteiger partial charge in [-0.05, 0) is 49.4 Å². The number of fused-ring (bicyclic) bond motifs is 1. The summed E-state index contributed by atoms with van der Waals surface area (Å²) >= 11 is 1.53. The number of sulfonamides is 1. The van der Waals surface area contributed by atoms with Crippen LogP contribution in [0.15, 0.2) is 49.5 Å². The second-order valence-electron chi connectivity index (χ2n) is 7.43. The van der Waals surface area contributed by atoms with Crippen LogP contribution in [-0.4, -0.2) is 36.0 Å². The summed E-state index contributed by atoms with van der Waals surface area (Å²) in [6.07, 6.45) is 3.96. The van der Waals surface area contributed by atoms with Crippen molar-refractivity contribution in [2.45, 2.75) is 37.5 Å². The van der Waals surface area contributed by atoms with E-state index in [4.69, 9.17) is 8.94 Å². The van der Waals surface area contributed by atoms with Gasteiger partial charge in [0.05, 0.1) is 9.77 Å². The molecular formula is C21H21N3O4S2. The third-order valence-corrected chi connectivity index (χ3v) is 8.23. The molecule has 0 N–H and O–H groups in total. The Morgan fingerprint density at radius 1 is 1.10 bits per heavy atom. The first-order valence-corrected chi connectivity index (χ1v) is 12.3. The Hall–Kier alpha value is -2.49. The minimum absolute atomic E-state index is 0.282. The van der Waals surface area contributed by atoms with Crippen LogP contribution in [0.1, 0.15) is 31.2 Å². The Balaban J connectivity index is 1.52. The number of hydrogen-bond donors (Lipinski definition) is 0. The zero-order valence-corrected chi connectivity index (χ0v) is 18.1. The van der Waals surface area contributed by atoms with Crippen LogP contribution in [-0.2, 0) is 10.0 Å². The van der Waals surface area contributed by atoms with Crippen LogP contribution in [0, 0.1) is 6.92 Å². The van der Waals surface area contributed by atoms with Gasteiger partial charge >= 0.3 is 0 Å². The van der Waals surface area contributed by atoms with Gasteiger partial charge < -0.3 is 8.94 Å². The molecule has 7 nitrogen and oxygen atoms in total. The number of thiophene rings is 1. The lowest BCUT2D eigenvalue weighted by atomic mass is 10.1. The predicted molar refractivity (Wildman–Crippen MR) is 115 cm³/mol. The summed E-state index contributed by atoms with van der Waals surface area (Å²) in [6, 6.07) is 8.85. The second kappa shape index (κ2) is 7.64. The molecule has 0 bridgehead atoms. The fraction of sp³-hybridized carbons (Fsp3) is 0.333. The molecule has 4 heterocycles. The number of aryl methyl sites for hydroxylation is 1. The van der Waals surface area contributed by atoms with Crippen molar-refractivity contribution < 1.29 is 17.4 Å². The highest BCUT2D eigenvalue weighted by Gasteiger charge is 2.27. The van der Waals surface area contributed by atoms with Gasteiger partial charge in [0.15, 0.2) is 5.76 Å². The molecule has 5 rings (SSSR count). The maximum absolute atomic E-state index is 13.2. The molecule has 156 valence electrons. The second-order valence-corrected chi connectivity index (χ2v) is 10.3. The fourth-order valence-electron chi connectivity index (χ4n) is 3.82. The van der Waals surface area contributed by atoms with Gasteiger partial charge in [-0.25, -0.2) is 8.42 Å². The lowest BCUT2D eigenvalue weighted by Gasteiger charge is -2.19. The van der Waals surface area contributed by atoms with E-state index in [-0.39, 0.29) is 10.8 Å². The molecule has 1 aromatic carbocycles. The summed E-state index contributed by atoms with van der Waals surface area (Å²) in [7, 11) is -3.53. The highest BCUT2D eigenvalue weighted by Crippen LogP contribution is 2.35. The SMILES string of the molecule is Cc1c(-c2nc(-c3cccs3)no2)oc2ccc(S(=O)(=O)N3CCCCCC3)cc12. The number of benzene rings is 1. The molecular weight excluding hydrogens is 422 g/mol. The van der Waals surface area contributed by atoms with Gasteiger partial charge in [0.25, 0.3) is 5.89 Å². The zero-order chi connectivity index (χ0) is 20.7. The molecule has 0 aliphatic carbocycles. The van der Waals surface area contributed by atoms with Crippen molar-refractivity contribution >= 4 is 32.3 Å². The van der Waals surface area contributed by atoms with Gasteiger partial charge in [-0.3, -0.25) is 0 Å². The molecule has 1 saturated heterocycles. The van der Waals surface area contributed by atoms with Crippen LogP contribution in [0.25, 0.3) is 33.3 Å². The van der Waals surface area contributed by atoms with Gasteiger partial charge in [0.1, 0.15) is 5.58 Å². The lowest BCUT2D eigenvalue weighted by molar-refractivity contribution is 0.419. The summed E-state index contributed by atoms with van der Waals surface area (Å²) in [5.41, 5.74) is 1.37. The number of hydrogen-bond acceptors (Lipinski definition) is 7. The Labute approximate surface area is 178 Å². The van der Waals surface area contributed by atoms with Crippen LogP contribution in [0.3, 0.4) is 0 Å². The highest BCUT2D eigenvalue weighted by atomic mass is 32.2. The van der Waals surface area contributed by atoms with E-state index in [9.17, 15) is 8.42 Å². The van der Waals surface area contributed by atoms with Crippen molar-refractivity contribution in [1.82, 2.24) is 14.4 Å². The largest absolute Gasteiger partial charge is 0.451 e. The quantitative estimate of drug-likeness (QED) is 0.437. The van der Waals surface area contributed by atoms with Gasteiger partial charge in [-0.1, -0.05) is 24.1 Å². The molecule has 0 unspecified atom stereocenters. The summed E-state index contributed by atoms with van der Waals surface area (Å²) in [5, 5.41) is 6.72. The lowest BCUT2D eigenvalue weighted by Crippen LogP contribution is -2.31. The van der Waals surface area contributed by atoms with Gasteiger partial charge in [-0.15, -0.1) is 11.3 Å². The smallest absolute Gasteiger partial charge is 0.294 e. The summed E-state index contributed by atoms with van der Waals surface area (Å²) in [6.45, 7) is 3.02. The standard InChI is InChI=1S/C21H21N3O4S2/c1-14-16-13-15(30(25,26)24-10-4-2-3-5-11-24)8-9-17(16)27-19(14)21-22-20(23-28-21)18-7-6-12-29-18/h6-9,12-13H,2-5,10-11H2,1H3. The molecule has 1 fully saturated rings. The molecule has 0 saturated carbocycles. The van der Waals surface area contributed by atoms with E-state index < -0.39 is 10.0 Å². The average molecular weight is 444 g/mol. The molecule has 0 spiro atoms. The summed E-state index contributed by atoms with van der Waals surface area (Å²) in [5.74, 6) is 1.25. The van der Waals surface area contributed by atoms with Crippen molar-refractivity contribution in [3.63, 3.8) is 0 Å². The van der Waals surface area contributed by atoms with Crippen LogP contribution in [0.4, 0.5) is 0 Å². The van der Waals surface area contributed by atoms with Crippen molar-refractivity contribution in [1.29, 1.82) is 0 Å². The Bertz CT molecular complexity index is 1280. The van der Waals surface area contributed by atoms with Crippen LogP contribution in [0.2, 0.25) is 0 Å². The zero-order valence-electron chi connectivity index (χ0n) is 16.5. The molecule has 4 aromatic rings. The van der Waals surface area contributed by atoms with E-state index in [1.165, 1.54) is 11.3 Å². The van der Waals surface area contributed by atoms with Crippen LogP contribution >= 0.6 is 11.3 Å². The van der Waals surface area contributed by atoms with Gasteiger partial charge in [-0.2, -0.15) is 9.29 Å². The third-order valence-electron chi connectivity index (χ3n) is 5.47. The minimum atomic E-state index is -3.53. The van der Waals surface area contributed by atoms with Gasteiger partial charge in [0, 0.05) is 24.0 Å². The molecule has 9 heteroatoms. The molecule has 1 aliphatic heterocycles. The first kappa shape index (κ1) is 19.5. The average Bonchev–Trinajstić information content (AvgIpc) is 3.44. The number of aromatic nitrogens is 2. The molecule has 1 aliphatic rings. The van der Waals surface area contributed by atoms with Gasteiger partial charge in [0.2, 0.25) is 15.8 Å². The third kappa shape index (κ3) is 3.36. The molecule has 0 amide bonds. The first-order chi connectivity index (χ1) is 14.5. The topological polar surface area (TPSA) is 89.4 Å². The highest BCUT2D eigenvalue weighted by molar-refractivity contribution is 7.89. The number of nitrogens with zero attached hydrogens (tertiary/aromatic N) is 3. The fourth-order valence-corrected chi connectivity index (χ4v) is 6.01. The van der Waals surface area contributed by atoms with Crippen LogP contribution in [0.5, 0.6) is 0 Å². The molecule has 0 atom stereocenters. The van der Waals surface area contributed by atoms with Crippen LogP contribution < -0.4 is 0 Å². The van der Waals surface area contributed by atoms with Crippen molar-refractivity contribution in [2.75, 3.05) is 13.1 Å².